The molecule has 0 aliphatic rings. The third-order valence-corrected chi connectivity index (χ3v) is 2.59. The molecule has 0 spiro atoms. The SMILES string of the molecule is CSc1c[nH]c2c(=O)[nH]nc(N)c12. The van der Waals surface area contributed by atoms with Crippen molar-refractivity contribution in [2.24, 2.45) is 0 Å². The van der Waals surface area contributed by atoms with Crippen molar-refractivity contribution in [3.8, 4) is 0 Å². The van der Waals surface area contributed by atoms with E-state index in [2.05, 4.69) is 15.2 Å². The van der Waals surface area contributed by atoms with Crippen LogP contribution in [0.15, 0.2) is 15.9 Å². The minimum atomic E-state index is -0.246. The molecule has 13 heavy (non-hydrogen) atoms. The first kappa shape index (κ1) is 8.18. The second-order valence-electron chi connectivity index (χ2n) is 2.55. The first-order valence-corrected chi connectivity index (χ1v) is 4.85. The maximum Gasteiger partial charge on any atom is 0.288 e. The fourth-order valence-corrected chi connectivity index (χ4v) is 1.81. The lowest BCUT2D eigenvalue weighted by Gasteiger charge is -1.95. The van der Waals surface area contributed by atoms with Crippen LogP contribution in [0, 0.1) is 0 Å². The molecular formula is C7H8N4OS. The third kappa shape index (κ3) is 1.10. The van der Waals surface area contributed by atoms with Crippen molar-refractivity contribution in [2.45, 2.75) is 4.90 Å². The van der Waals surface area contributed by atoms with E-state index in [1.54, 1.807) is 6.20 Å². The van der Waals surface area contributed by atoms with Crippen molar-refractivity contribution in [2.75, 3.05) is 12.0 Å². The minimum Gasteiger partial charge on any atom is -0.382 e. The van der Waals surface area contributed by atoms with Gasteiger partial charge in [0.25, 0.3) is 5.56 Å². The lowest BCUT2D eigenvalue weighted by Crippen LogP contribution is -2.10. The van der Waals surface area contributed by atoms with Crippen LogP contribution < -0.4 is 11.3 Å². The normalized spacial score (nSPS) is 10.8. The van der Waals surface area contributed by atoms with Crippen LogP contribution >= 0.6 is 11.8 Å². The molecule has 68 valence electrons. The fourth-order valence-electron chi connectivity index (χ4n) is 1.22. The summed E-state index contributed by atoms with van der Waals surface area (Å²) in [5.74, 6) is 0.347. The van der Waals surface area contributed by atoms with Crippen LogP contribution in [-0.4, -0.2) is 21.4 Å². The summed E-state index contributed by atoms with van der Waals surface area (Å²) < 4.78 is 0. The maximum absolute atomic E-state index is 11.2. The predicted octanol–water partition coefficient (Wildman–Crippen LogP) is 0.555. The molecule has 2 rings (SSSR count). The molecule has 0 amide bonds. The molecule has 5 nitrogen and oxygen atoms in total. The number of thioether (sulfide) groups is 1. The van der Waals surface area contributed by atoms with Gasteiger partial charge in [0.15, 0.2) is 5.82 Å². The van der Waals surface area contributed by atoms with E-state index >= 15 is 0 Å². The second-order valence-corrected chi connectivity index (χ2v) is 3.39. The number of aromatic amines is 2. The van der Waals surface area contributed by atoms with Gasteiger partial charge in [-0.25, -0.2) is 5.10 Å². The molecule has 0 saturated heterocycles. The molecule has 0 radical (unpaired) electrons. The Kier molecular flexibility index (Phi) is 1.77. The monoisotopic (exact) mass is 196 g/mol. The zero-order valence-electron chi connectivity index (χ0n) is 6.92. The van der Waals surface area contributed by atoms with Gasteiger partial charge < -0.3 is 10.7 Å². The second kappa shape index (κ2) is 2.81. The third-order valence-electron chi connectivity index (χ3n) is 1.83. The number of nitrogens with two attached hydrogens (primary N) is 1. The zero-order chi connectivity index (χ0) is 9.42. The van der Waals surface area contributed by atoms with Gasteiger partial charge in [-0.3, -0.25) is 4.79 Å². The Morgan fingerprint density at radius 1 is 1.62 bits per heavy atom. The van der Waals surface area contributed by atoms with Gasteiger partial charge in [0.05, 0.1) is 5.39 Å². The minimum absolute atomic E-state index is 0.246. The van der Waals surface area contributed by atoms with Crippen LogP contribution in [0.1, 0.15) is 0 Å². The lowest BCUT2D eigenvalue weighted by atomic mass is 10.3. The van der Waals surface area contributed by atoms with Crippen LogP contribution in [-0.2, 0) is 0 Å². The van der Waals surface area contributed by atoms with E-state index in [9.17, 15) is 4.79 Å². The lowest BCUT2D eigenvalue weighted by molar-refractivity contribution is 1.02. The zero-order valence-corrected chi connectivity index (χ0v) is 7.73. The standard InChI is InChI=1S/C7H8N4OS/c1-13-3-2-9-5-4(3)6(8)10-11-7(5)12/h2,9H,1H3,(H2,8,10)(H,11,12). The first-order chi connectivity index (χ1) is 6.24. The Hall–Kier alpha value is -1.43. The number of fused-ring (bicyclic) bond motifs is 1. The van der Waals surface area contributed by atoms with E-state index in [0.717, 1.165) is 4.90 Å². The van der Waals surface area contributed by atoms with Crippen molar-refractivity contribution in [3.05, 3.63) is 16.6 Å². The molecule has 0 aromatic carbocycles. The Labute approximate surface area is 77.7 Å². The summed E-state index contributed by atoms with van der Waals surface area (Å²) in [4.78, 5) is 15.0. The van der Waals surface area contributed by atoms with Gasteiger partial charge in [-0.15, -0.1) is 11.8 Å². The highest BCUT2D eigenvalue weighted by atomic mass is 32.2. The summed E-state index contributed by atoms with van der Waals surface area (Å²) in [5, 5.41) is 6.71. The molecule has 0 bridgehead atoms. The van der Waals surface area contributed by atoms with E-state index in [1.165, 1.54) is 11.8 Å². The van der Waals surface area contributed by atoms with E-state index in [4.69, 9.17) is 5.73 Å². The van der Waals surface area contributed by atoms with Crippen LogP contribution in [0.3, 0.4) is 0 Å². The molecule has 2 heterocycles. The van der Waals surface area contributed by atoms with Crippen molar-refractivity contribution in [1.82, 2.24) is 15.2 Å². The van der Waals surface area contributed by atoms with Crippen molar-refractivity contribution >= 4 is 28.5 Å². The number of hydrogen-bond acceptors (Lipinski definition) is 4. The number of rotatable bonds is 1. The summed E-state index contributed by atoms with van der Waals surface area (Å²) >= 11 is 1.52. The van der Waals surface area contributed by atoms with Crippen LogP contribution in [0.2, 0.25) is 0 Å². The molecule has 0 atom stereocenters. The molecule has 0 aliphatic carbocycles. The average Bonchev–Trinajstić information content (AvgIpc) is 2.56. The van der Waals surface area contributed by atoms with Gasteiger partial charge in [-0.05, 0) is 6.26 Å². The summed E-state index contributed by atoms with van der Waals surface area (Å²) in [6.45, 7) is 0. The molecule has 4 N–H and O–H groups in total. The summed E-state index contributed by atoms with van der Waals surface area (Å²) in [7, 11) is 0. The number of aromatic nitrogens is 3. The molecule has 0 unspecified atom stereocenters. The van der Waals surface area contributed by atoms with Gasteiger partial charge in [0.2, 0.25) is 0 Å². The molecule has 0 fully saturated rings. The predicted molar refractivity (Wildman–Crippen MR) is 52.9 cm³/mol. The Bertz CT molecular complexity index is 501. The Morgan fingerprint density at radius 2 is 2.38 bits per heavy atom. The van der Waals surface area contributed by atoms with Gasteiger partial charge in [0, 0.05) is 11.1 Å². The van der Waals surface area contributed by atoms with Gasteiger partial charge in [0.1, 0.15) is 5.52 Å². The van der Waals surface area contributed by atoms with E-state index in [1.807, 2.05) is 6.26 Å². The molecule has 0 aliphatic heterocycles. The van der Waals surface area contributed by atoms with Crippen LogP contribution in [0.4, 0.5) is 5.82 Å². The molecule has 2 aromatic rings. The molecule has 2 aromatic heterocycles. The number of nitrogen functional groups attached to an aromatic ring is 1. The van der Waals surface area contributed by atoms with Crippen molar-refractivity contribution < 1.29 is 0 Å². The molecular weight excluding hydrogens is 188 g/mol. The summed E-state index contributed by atoms with van der Waals surface area (Å²) in [6.07, 6.45) is 3.67. The maximum atomic E-state index is 11.2. The molecule has 6 heteroatoms. The number of hydrogen-bond donors (Lipinski definition) is 3. The number of nitrogens with zero attached hydrogens (tertiary/aromatic N) is 1. The van der Waals surface area contributed by atoms with Crippen molar-refractivity contribution in [1.29, 1.82) is 0 Å². The van der Waals surface area contributed by atoms with Crippen LogP contribution in [0.25, 0.3) is 10.9 Å². The molecule has 0 saturated carbocycles. The quantitative estimate of drug-likeness (QED) is 0.581. The Balaban J connectivity index is 2.95. The average molecular weight is 196 g/mol. The number of H-pyrrole nitrogens is 2. The van der Waals surface area contributed by atoms with E-state index < -0.39 is 0 Å². The van der Waals surface area contributed by atoms with Crippen LogP contribution in [0.5, 0.6) is 0 Å². The number of anilines is 1. The summed E-state index contributed by atoms with van der Waals surface area (Å²) in [5.41, 5.74) is 5.87. The highest BCUT2D eigenvalue weighted by Crippen LogP contribution is 2.26. The highest BCUT2D eigenvalue weighted by molar-refractivity contribution is 7.98. The van der Waals surface area contributed by atoms with E-state index in [-0.39, 0.29) is 5.56 Å². The smallest absolute Gasteiger partial charge is 0.288 e. The topological polar surface area (TPSA) is 87.6 Å². The van der Waals surface area contributed by atoms with E-state index in [0.29, 0.717) is 16.7 Å². The van der Waals surface area contributed by atoms with Gasteiger partial charge >= 0.3 is 0 Å². The number of nitrogens with one attached hydrogen (secondary N) is 2. The van der Waals surface area contributed by atoms with Crippen molar-refractivity contribution in [3.63, 3.8) is 0 Å². The van der Waals surface area contributed by atoms with Gasteiger partial charge in [-0.1, -0.05) is 0 Å². The largest absolute Gasteiger partial charge is 0.382 e. The summed E-state index contributed by atoms with van der Waals surface area (Å²) in [6, 6.07) is 0. The first-order valence-electron chi connectivity index (χ1n) is 3.63. The highest BCUT2D eigenvalue weighted by Gasteiger charge is 2.09. The Morgan fingerprint density at radius 3 is 3.08 bits per heavy atom. The fraction of sp³-hybridized carbons (Fsp3) is 0.143. The van der Waals surface area contributed by atoms with Gasteiger partial charge in [-0.2, -0.15) is 5.10 Å².